The Balaban J connectivity index is 2.86. The Morgan fingerprint density at radius 1 is 1.42 bits per heavy atom. The van der Waals surface area contributed by atoms with Gasteiger partial charge in [0.25, 0.3) is 0 Å². The lowest BCUT2D eigenvalue weighted by atomic mass is 10.0. The first-order chi connectivity index (χ1) is 5.59. The highest BCUT2D eigenvalue weighted by Crippen LogP contribution is 2.14. The molecule has 1 nitrogen and oxygen atoms in total. The minimum atomic E-state index is 0.701. The van der Waals surface area contributed by atoms with Crippen LogP contribution in [0.15, 0.2) is 16.7 Å². The number of rotatable bonds is 2. The zero-order valence-electron chi connectivity index (χ0n) is 7.76. The van der Waals surface area contributed by atoms with Gasteiger partial charge in [0.2, 0.25) is 0 Å². The molecular weight excluding hydrogens is 214 g/mol. The van der Waals surface area contributed by atoms with Gasteiger partial charge in [0.15, 0.2) is 0 Å². The Bertz CT molecular complexity index is 269. The summed E-state index contributed by atoms with van der Waals surface area (Å²) in [7, 11) is 0. The number of halogens is 1. The van der Waals surface area contributed by atoms with Gasteiger partial charge in [0, 0.05) is 5.69 Å². The molecule has 0 saturated heterocycles. The molecule has 1 rings (SSSR count). The summed E-state index contributed by atoms with van der Waals surface area (Å²) in [6, 6.07) is 4.15. The molecule has 0 aromatic carbocycles. The standard InChI is InChI=1S/C10H14BrN/c1-7(2)6-9-4-5-10(11)12-8(9)3/h4-5,7H,6H2,1-3H3. The van der Waals surface area contributed by atoms with Crippen molar-refractivity contribution in [3.63, 3.8) is 0 Å². The lowest BCUT2D eigenvalue weighted by Crippen LogP contribution is -1.98. The van der Waals surface area contributed by atoms with E-state index in [-0.39, 0.29) is 0 Å². The van der Waals surface area contributed by atoms with Crippen LogP contribution in [0, 0.1) is 12.8 Å². The SMILES string of the molecule is Cc1nc(Br)ccc1CC(C)C. The van der Waals surface area contributed by atoms with Gasteiger partial charge in [0.05, 0.1) is 0 Å². The molecule has 0 aliphatic rings. The smallest absolute Gasteiger partial charge is 0.106 e. The third-order valence-corrected chi connectivity index (χ3v) is 2.23. The molecule has 0 unspecified atom stereocenters. The zero-order valence-corrected chi connectivity index (χ0v) is 9.35. The number of hydrogen-bond acceptors (Lipinski definition) is 1. The monoisotopic (exact) mass is 227 g/mol. The first-order valence-electron chi connectivity index (χ1n) is 4.21. The summed E-state index contributed by atoms with van der Waals surface area (Å²) in [5.74, 6) is 0.701. The van der Waals surface area contributed by atoms with Crippen molar-refractivity contribution in [1.29, 1.82) is 0 Å². The Kier molecular flexibility index (Phi) is 3.27. The lowest BCUT2D eigenvalue weighted by molar-refractivity contribution is 0.642. The third kappa shape index (κ3) is 2.59. The lowest BCUT2D eigenvalue weighted by Gasteiger charge is -2.07. The molecule has 0 atom stereocenters. The van der Waals surface area contributed by atoms with Crippen LogP contribution in [0.2, 0.25) is 0 Å². The Morgan fingerprint density at radius 2 is 2.08 bits per heavy atom. The first-order valence-corrected chi connectivity index (χ1v) is 5.01. The van der Waals surface area contributed by atoms with E-state index in [9.17, 15) is 0 Å². The first kappa shape index (κ1) is 9.72. The van der Waals surface area contributed by atoms with Gasteiger partial charge >= 0.3 is 0 Å². The average molecular weight is 228 g/mol. The van der Waals surface area contributed by atoms with E-state index in [1.807, 2.05) is 6.07 Å². The average Bonchev–Trinajstić information content (AvgIpc) is 1.94. The van der Waals surface area contributed by atoms with Crippen molar-refractivity contribution in [2.75, 3.05) is 0 Å². The van der Waals surface area contributed by atoms with E-state index in [1.165, 1.54) is 5.56 Å². The van der Waals surface area contributed by atoms with Crippen molar-refractivity contribution in [3.05, 3.63) is 28.0 Å². The van der Waals surface area contributed by atoms with Gasteiger partial charge in [-0.1, -0.05) is 19.9 Å². The third-order valence-electron chi connectivity index (χ3n) is 1.79. The van der Waals surface area contributed by atoms with Crippen molar-refractivity contribution in [3.8, 4) is 0 Å². The number of aromatic nitrogens is 1. The maximum absolute atomic E-state index is 4.34. The molecule has 1 aromatic heterocycles. The van der Waals surface area contributed by atoms with E-state index in [2.05, 4.69) is 47.8 Å². The van der Waals surface area contributed by atoms with Crippen molar-refractivity contribution in [1.82, 2.24) is 4.98 Å². The second-order valence-corrected chi connectivity index (χ2v) is 4.29. The molecule has 0 aliphatic carbocycles. The maximum Gasteiger partial charge on any atom is 0.106 e. The van der Waals surface area contributed by atoms with Crippen LogP contribution in [-0.4, -0.2) is 4.98 Å². The van der Waals surface area contributed by atoms with Crippen LogP contribution in [0.3, 0.4) is 0 Å². The highest BCUT2D eigenvalue weighted by atomic mass is 79.9. The number of pyridine rings is 1. The summed E-state index contributed by atoms with van der Waals surface area (Å²) < 4.78 is 0.924. The largest absolute Gasteiger partial charge is 0.246 e. The van der Waals surface area contributed by atoms with Gasteiger partial charge in [-0.3, -0.25) is 0 Å². The van der Waals surface area contributed by atoms with Gasteiger partial charge in [0.1, 0.15) is 4.60 Å². The minimum absolute atomic E-state index is 0.701. The van der Waals surface area contributed by atoms with Crippen LogP contribution < -0.4 is 0 Å². The van der Waals surface area contributed by atoms with E-state index in [0.717, 1.165) is 16.7 Å². The molecule has 1 heterocycles. The van der Waals surface area contributed by atoms with E-state index in [4.69, 9.17) is 0 Å². The number of nitrogens with zero attached hydrogens (tertiary/aromatic N) is 1. The molecule has 0 saturated carbocycles. The van der Waals surface area contributed by atoms with Crippen LogP contribution >= 0.6 is 15.9 Å². The van der Waals surface area contributed by atoms with Crippen LogP contribution in [0.25, 0.3) is 0 Å². The molecule has 0 aliphatic heterocycles. The van der Waals surface area contributed by atoms with Crippen molar-refractivity contribution in [2.45, 2.75) is 27.2 Å². The van der Waals surface area contributed by atoms with Gasteiger partial charge in [-0.25, -0.2) is 4.98 Å². The van der Waals surface area contributed by atoms with Gasteiger partial charge in [-0.05, 0) is 46.8 Å². The Morgan fingerprint density at radius 3 is 2.58 bits per heavy atom. The minimum Gasteiger partial charge on any atom is -0.246 e. The molecule has 12 heavy (non-hydrogen) atoms. The zero-order chi connectivity index (χ0) is 9.14. The van der Waals surface area contributed by atoms with Crippen LogP contribution in [0.4, 0.5) is 0 Å². The summed E-state index contributed by atoms with van der Waals surface area (Å²) >= 11 is 3.35. The summed E-state index contributed by atoms with van der Waals surface area (Å²) in [4.78, 5) is 4.34. The molecular formula is C10H14BrN. The normalized spacial score (nSPS) is 10.8. The molecule has 0 bridgehead atoms. The molecule has 0 amide bonds. The van der Waals surface area contributed by atoms with E-state index in [0.29, 0.717) is 5.92 Å². The van der Waals surface area contributed by atoms with Crippen LogP contribution in [0.5, 0.6) is 0 Å². The van der Waals surface area contributed by atoms with Gasteiger partial charge in [-0.2, -0.15) is 0 Å². The molecule has 0 spiro atoms. The van der Waals surface area contributed by atoms with Crippen LogP contribution in [-0.2, 0) is 6.42 Å². The summed E-state index contributed by atoms with van der Waals surface area (Å²) in [5.41, 5.74) is 2.49. The van der Waals surface area contributed by atoms with E-state index < -0.39 is 0 Å². The molecule has 0 N–H and O–H groups in total. The molecule has 66 valence electrons. The molecule has 2 heteroatoms. The maximum atomic E-state index is 4.34. The second kappa shape index (κ2) is 4.04. The fourth-order valence-corrected chi connectivity index (χ4v) is 1.61. The summed E-state index contributed by atoms with van der Waals surface area (Å²) in [6.45, 7) is 6.51. The second-order valence-electron chi connectivity index (χ2n) is 3.48. The van der Waals surface area contributed by atoms with Gasteiger partial charge < -0.3 is 0 Å². The number of aryl methyl sites for hydroxylation is 1. The predicted molar refractivity (Wildman–Crippen MR) is 55.2 cm³/mol. The molecule has 0 fully saturated rings. The molecule has 1 aromatic rings. The highest BCUT2D eigenvalue weighted by Gasteiger charge is 2.02. The summed E-state index contributed by atoms with van der Waals surface area (Å²) in [6.07, 6.45) is 1.12. The van der Waals surface area contributed by atoms with E-state index >= 15 is 0 Å². The topological polar surface area (TPSA) is 12.9 Å². The Labute approximate surface area is 82.3 Å². The molecule has 0 radical (unpaired) electrons. The fourth-order valence-electron chi connectivity index (χ4n) is 1.21. The summed E-state index contributed by atoms with van der Waals surface area (Å²) in [5, 5.41) is 0. The number of hydrogen-bond donors (Lipinski definition) is 0. The van der Waals surface area contributed by atoms with E-state index in [1.54, 1.807) is 0 Å². The predicted octanol–water partition coefficient (Wildman–Crippen LogP) is 3.35. The van der Waals surface area contributed by atoms with Crippen molar-refractivity contribution >= 4 is 15.9 Å². The fraction of sp³-hybridized carbons (Fsp3) is 0.500. The van der Waals surface area contributed by atoms with Crippen molar-refractivity contribution in [2.24, 2.45) is 5.92 Å². The quantitative estimate of drug-likeness (QED) is 0.707. The van der Waals surface area contributed by atoms with Crippen molar-refractivity contribution < 1.29 is 0 Å². The highest BCUT2D eigenvalue weighted by molar-refractivity contribution is 9.10. The Hall–Kier alpha value is -0.370. The van der Waals surface area contributed by atoms with Crippen LogP contribution in [0.1, 0.15) is 25.1 Å². The van der Waals surface area contributed by atoms with Gasteiger partial charge in [-0.15, -0.1) is 0 Å².